The SMILES string of the molecule is COC(=O)C1=C(n2nc(C(Nc3ccc(C#N)c(CNC(=O)OC(C)(C)C)c3)c3cc(OC)cc(OCCO)c3F)[nH]c2=O)NCS1. The fourth-order valence-corrected chi connectivity index (χ4v) is 5.28. The van der Waals surface area contributed by atoms with E-state index in [4.69, 9.17) is 18.9 Å². The monoisotopic (exact) mass is 671 g/mol. The Morgan fingerprint density at radius 3 is 2.68 bits per heavy atom. The first-order valence-corrected chi connectivity index (χ1v) is 15.1. The lowest BCUT2D eigenvalue weighted by Crippen LogP contribution is -2.32. The molecule has 0 saturated carbocycles. The summed E-state index contributed by atoms with van der Waals surface area (Å²) in [5.41, 5.74) is -0.499. The molecule has 15 nitrogen and oxygen atoms in total. The Labute approximate surface area is 273 Å². The molecule has 2 aromatic carbocycles. The number of benzene rings is 2. The number of nitriles is 1. The zero-order valence-corrected chi connectivity index (χ0v) is 27.0. The predicted molar refractivity (Wildman–Crippen MR) is 169 cm³/mol. The van der Waals surface area contributed by atoms with E-state index in [9.17, 15) is 24.8 Å². The second-order valence-corrected chi connectivity index (χ2v) is 11.9. The van der Waals surface area contributed by atoms with E-state index in [-0.39, 0.29) is 64.8 Å². The van der Waals surface area contributed by atoms with Crippen LogP contribution >= 0.6 is 11.8 Å². The number of aromatic amines is 1. The molecule has 0 bridgehead atoms. The molecule has 1 atom stereocenters. The van der Waals surface area contributed by atoms with Crippen LogP contribution in [-0.4, -0.2) is 70.8 Å². The summed E-state index contributed by atoms with van der Waals surface area (Å²) < 4.78 is 37.9. The molecule has 1 aromatic heterocycles. The van der Waals surface area contributed by atoms with Crippen LogP contribution in [-0.2, 0) is 20.8 Å². The summed E-state index contributed by atoms with van der Waals surface area (Å²) in [7, 11) is 2.59. The number of esters is 1. The van der Waals surface area contributed by atoms with Crippen molar-refractivity contribution in [3.05, 3.63) is 74.1 Å². The van der Waals surface area contributed by atoms with E-state index >= 15 is 4.39 Å². The van der Waals surface area contributed by atoms with Gasteiger partial charge in [-0.05, 0) is 50.6 Å². The molecule has 47 heavy (non-hydrogen) atoms. The third-order valence-corrected chi connectivity index (χ3v) is 7.39. The maximum atomic E-state index is 16.1. The Morgan fingerprint density at radius 2 is 2.02 bits per heavy atom. The fourth-order valence-electron chi connectivity index (χ4n) is 4.43. The quantitative estimate of drug-likeness (QED) is 0.176. The van der Waals surface area contributed by atoms with Crippen molar-refractivity contribution in [2.24, 2.45) is 0 Å². The van der Waals surface area contributed by atoms with Gasteiger partial charge >= 0.3 is 17.8 Å². The molecule has 3 aromatic rings. The van der Waals surface area contributed by atoms with Crippen LogP contribution in [0.3, 0.4) is 0 Å². The molecule has 1 unspecified atom stereocenters. The van der Waals surface area contributed by atoms with Crippen molar-refractivity contribution in [2.75, 3.05) is 38.6 Å². The lowest BCUT2D eigenvalue weighted by molar-refractivity contribution is -0.135. The highest BCUT2D eigenvalue weighted by molar-refractivity contribution is 8.04. The standard InChI is InChI=1S/C30H34FN7O8S/c1-30(2,3)46-29(42)33-14-17-10-18(7-6-16(17)13-32)35-23(20-11-19(43-4)12-21(22(20)31)45-9-8-39)25-36-28(41)38(37-25)26-24(27(40)44-5)47-15-34-26/h6-7,10-12,23,34-35,39H,8-9,14-15H2,1-5H3,(H,33,42)(H,36,37,41). The molecule has 0 aliphatic carbocycles. The number of halogens is 1. The van der Waals surface area contributed by atoms with Crippen molar-refractivity contribution >= 4 is 35.3 Å². The third-order valence-electron chi connectivity index (χ3n) is 6.46. The molecule has 0 radical (unpaired) electrons. The number of aliphatic hydroxyl groups is 1. The van der Waals surface area contributed by atoms with Crippen molar-refractivity contribution in [2.45, 2.75) is 39.0 Å². The van der Waals surface area contributed by atoms with Gasteiger partial charge in [-0.2, -0.15) is 9.94 Å². The first-order chi connectivity index (χ1) is 22.4. The minimum atomic E-state index is -1.22. The molecule has 0 fully saturated rings. The summed E-state index contributed by atoms with van der Waals surface area (Å²) in [6.07, 6.45) is -0.686. The molecule has 1 aliphatic heterocycles. The maximum absolute atomic E-state index is 16.1. The number of amides is 1. The summed E-state index contributed by atoms with van der Waals surface area (Å²) in [5, 5.41) is 32.1. The highest BCUT2D eigenvalue weighted by Crippen LogP contribution is 2.35. The Kier molecular flexibility index (Phi) is 11.0. The first-order valence-electron chi connectivity index (χ1n) is 14.2. The van der Waals surface area contributed by atoms with Crippen LogP contribution in [0.1, 0.15) is 49.3 Å². The summed E-state index contributed by atoms with van der Waals surface area (Å²) in [4.78, 5) is 40.6. The summed E-state index contributed by atoms with van der Waals surface area (Å²) in [6.45, 7) is 4.51. The molecule has 0 spiro atoms. The molecular weight excluding hydrogens is 637 g/mol. The van der Waals surface area contributed by atoms with Crippen molar-refractivity contribution in [1.29, 1.82) is 5.26 Å². The van der Waals surface area contributed by atoms with Crippen LogP contribution in [0, 0.1) is 17.1 Å². The van der Waals surface area contributed by atoms with Crippen molar-refractivity contribution in [1.82, 2.24) is 25.4 Å². The van der Waals surface area contributed by atoms with Gasteiger partial charge in [0.15, 0.2) is 23.2 Å². The number of ether oxygens (including phenoxy) is 4. The van der Waals surface area contributed by atoms with Gasteiger partial charge < -0.3 is 40.0 Å². The second-order valence-electron chi connectivity index (χ2n) is 10.9. The van der Waals surface area contributed by atoms with Gasteiger partial charge in [-0.15, -0.1) is 5.10 Å². The van der Waals surface area contributed by atoms with E-state index in [2.05, 4.69) is 32.1 Å². The van der Waals surface area contributed by atoms with E-state index in [1.807, 2.05) is 0 Å². The number of thioether (sulfide) groups is 1. The largest absolute Gasteiger partial charge is 0.497 e. The topological polar surface area (TPSA) is 202 Å². The second kappa shape index (κ2) is 14.9. The summed E-state index contributed by atoms with van der Waals surface area (Å²) in [5.74, 6) is -1.24. The predicted octanol–water partition coefficient (Wildman–Crippen LogP) is 2.78. The number of aromatic nitrogens is 3. The van der Waals surface area contributed by atoms with Gasteiger partial charge in [0.2, 0.25) is 0 Å². The van der Waals surface area contributed by atoms with E-state index in [1.54, 1.807) is 32.9 Å². The first kappa shape index (κ1) is 34.7. The lowest BCUT2D eigenvalue weighted by atomic mass is 10.0. The van der Waals surface area contributed by atoms with Crippen LogP contribution in [0.15, 0.2) is 40.0 Å². The van der Waals surface area contributed by atoms with Crippen LogP contribution in [0.4, 0.5) is 14.9 Å². The van der Waals surface area contributed by atoms with E-state index in [0.717, 1.165) is 16.4 Å². The Balaban J connectivity index is 1.81. The summed E-state index contributed by atoms with van der Waals surface area (Å²) in [6, 6.07) is 8.20. The van der Waals surface area contributed by atoms with Gasteiger partial charge in [-0.25, -0.2) is 18.8 Å². The number of rotatable bonds is 12. The third kappa shape index (κ3) is 8.34. The van der Waals surface area contributed by atoms with E-state index in [0.29, 0.717) is 11.3 Å². The van der Waals surface area contributed by atoms with E-state index in [1.165, 1.54) is 32.4 Å². The normalized spacial score (nSPS) is 13.3. The summed E-state index contributed by atoms with van der Waals surface area (Å²) >= 11 is 1.12. The molecule has 5 N–H and O–H groups in total. The number of anilines is 1. The molecule has 17 heteroatoms. The van der Waals surface area contributed by atoms with Gasteiger partial charge in [0.05, 0.1) is 38.3 Å². The smallest absolute Gasteiger partial charge is 0.407 e. The van der Waals surface area contributed by atoms with Gasteiger partial charge in [0.1, 0.15) is 28.9 Å². The van der Waals surface area contributed by atoms with Crippen molar-refractivity contribution < 1.29 is 38.0 Å². The zero-order chi connectivity index (χ0) is 34.3. The number of nitrogens with one attached hydrogen (secondary N) is 4. The number of carbonyl (C=O) groups is 2. The molecule has 0 saturated heterocycles. The van der Waals surface area contributed by atoms with Crippen molar-refractivity contribution in [3.8, 4) is 17.6 Å². The van der Waals surface area contributed by atoms with E-state index < -0.39 is 35.2 Å². The molecule has 1 aliphatic rings. The van der Waals surface area contributed by atoms with Crippen LogP contribution in [0.2, 0.25) is 0 Å². The molecule has 4 rings (SSSR count). The molecule has 1 amide bonds. The minimum Gasteiger partial charge on any atom is -0.497 e. The fraction of sp³-hybridized carbons (Fsp3) is 0.367. The Hall–Kier alpha value is -5.21. The number of hydrogen-bond acceptors (Lipinski definition) is 13. The number of H-pyrrole nitrogens is 1. The van der Waals surface area contributed by atoms with Crippen LogP contribution < -0.4 is 31.1 Å². The van der Waals surface area contributed by atoms with Gasteiger partial charge in [0, 0.05) is 23.9 Å². The molecule has 2 heterocycles. The number of methoxy groups -OCH3 is 2. The Morgan fingerprint density at radius 1 is 1.26 bits per heavy atom. The lowest BCUT2D eigenvalue weighted by Gasteiger charge is -2.22. The average molecular weight is 672 g/mol. The number of nitrogens with zero attached hydrogens (tertiary/aromatic N) is 3. The zero-order valence-electron chi connectivity index (χ0n) is 26.2. The van der Waals surface area contributed by atoms with Crippen molar-refractivity contribution in [3.63, 3.8) is 0 Å². The Bertz CT molecular complexity index is 1780. The van der Waals surface area contributed by atoms with Gasteiger partial charge in [-0.1, -0.05) is 11.8 Å². The highest BCUT2D eigenvalue weighted by Gasteiger charge is 2.30. The number of carbonyl (C=O) groups excluding carboxylic acids is 2. The number of aliphatic hydroxyl groups excluding tert-OH is 1. The average Bonchev–Trinajstić information content (AvgIpc) is 3.67. The van der Waals surface area contributed by atoms with Crippen LogP contribution in [0.5, 0.6) is 11.5 Å². The van der Waals surface area contributed by atoms with Gasteiger partial charge in [-0.3, -0.25) is 4.98 Å². The minimum absolute atomic E-state index is 0.0630. The van der Waals surface area contributed by atoms with Gasteiger partial charge in [0.25, 0.3) is 0 Å². The highest BCUT2D eigenvalue weighted by atomic mass is 32.2. The molecular formula is C30H34FN7O8S. The molecule has 250 valence electrons. The van der Waals surface area contributed by atoms with Crippen LogP contribution in [0.25, 0.3) is 5.82 Å². The number of hydrogen-bond donors (Lipinski definition) is 5. The maximum Gasteiger partial charge on any atom is 0.407 e. The number of alkyl carbamates (subject to hydrolysis) is 1.